The molecule has 0 aliphatic carbocycles. The summed E-state index contributed by atoms with van der Waals surface area (Å²) in [4.78, 5) is 14.5. The molecular weight excluding hydrogens is 264 g/mol. The van der Waals surface area contributed by atoms with Crippen molar-refractivity contribution in [1.29, 1.82) is 0 Å². The quantitative estimate of drug-likeness (QED) is 0.904. The Bertz CT molecular complexity index is 476. The number of hydrogen-bond donors (Lipinski definition) is 1. The lowest BCUT2D eigenvalue weighted by molar-refractivity contribution is -0.127. The number of nitrogens with one attached hydrogen (secondary N) is 1. The summed E-state index contributed by atoms with van der Waals surface area (Å²) in [5, 5.41) is 3.07. The van der Waals surface area contributed by atoms with Crippen molar-refractivity contribution in [3.63, 3.8) is 0 Å². The number of carbonyl (C=O) groups excluding carboxylic acids is 1. The summed E-state index contributed by atoms with van der Waals surface area (Å²) in [7, 11) is 2.07. The van der Waals surface area contributed by atoms with E-state index in [1.807, 2.05) is 38.1 Å². The molecule has 1 fully saturated rings. The fraction of sp³-hybridized carbons (Fsp3) is 0.588. The van der Waals surface area contributed by atoms with Gasteiger partial charge in [-0.1, -0.05) is 18.2 Å². The molecular formula is C17H26N2O2. The molecule has 0 radical (unpaired) electrons. The van der Waals surface area contributed by atoms with Crippen LogP contribution < -0.4 is 10.1 Å². The second-order valence-electron chi connectivity index (χ2n) is 6.09. The normalized spacial score (nSPS) is 20.8. The van der Waals surface area contributed by atoms with Gasteiger partial charge in [-0.25, -0.2) is 0 Å². The van der Waals surface area contributed by atoms with E-state index in [1.54, 1.807) is 0 Å². The molecule has 1 aliphatic heterocycles. The van der Waals surface area contributed by atoms with E-state index in [1.165, 1.54) is 0 Å². The molecule has 0 aromatic heterocycles. The van der Waals surface area contributed by atoms with Crippen LogP contribution in [0.5, 0.6) is 5.75 Å². The summed E-state index contributed by atoms with van der Waals surface area (Å²) in [5.41, 5.74) is 1.12. The van der Waals surface area contributed by atoms with Crippen LogP contribution in [0.25, 0.3) is 0 Å². The summed E-state index contributed by atoms with van der Waals surface area (Å²) >= 11 is 0. The first-order valence-electron chi connectivity index (χ1n) is 7.73. The van der Waals surface area contributed by atoms with Crippen LogP contribution in [0.1, 0.15) is 25.3 Å². The molecule has 1 N–H and O–H groups in total. The van der Waals surface area contributed by atoms with Gasteiger partial charge in [-0.15, -0.1) is 0 Å². The van der Waals surface area contributed by atoms with Gasteiger partial charge in [0.25, 0.3) is 0 Å². The summed E-state index contributed by atoms with van der Waals surface area (Å²) in [6.07, 6.45) is 2.09. The zero-order chi connectivity index (χ0) is 15.2. The summed E-state index contributed by atoms with van der Waals surface area (Å²) in [5.74, 6) is 1.16. The van der Waals surface area contributed by atoms with E-state index < -0.39 is 0 Å². The number of piperidine rings is 1. The number of ether oxygens (including phenoxy) is 1. The van der Waals surface area contributed by atoms with Crippen LogP contribution in [0.3, 0.4) is 0 Å². The highest BCUT2D eigenvalue weighted by atomic mass is 16.5. The molecule has 1 aliphatic rings. The van der Waals surface area contributed by atoms with Crippen molar-refractivity contribution in [2.75, 3.05) is 26.7 Å². The van der Waals surface area contributed by atoms with E-state index >= 15 is 0 Å². The van der Waals surface area contributed by atoms with Gasteiger partial charge < -0.3 is 15.0 Å². The average molecular weight is 290 g/mol. The highest BCUT2D eigenvalue weighted by molar-refractivity contribution is 5.79. The fourth-order valence-corrected chi connectivity index (χ4v) is 2.72. The number of nitrogens with zero attached hydrogens (tertiary/aromatic N) is 1. The Hall–Kier alpha value is -1.55. The van der Waals surface area contributed by atoms with E-state index in [0.29, 0.717) is 6.61 Å². The Morgan fingerprint density at radius 2 is 2.24 bits per heavy atom. The maximum absolute atomic E-state index is 12.2. The average Bonchev–Trinajstić information content (AvgIpc) is 2.46. The lowest BCUT2D eigenvalue weighted by atomic mass is 9.97. The second-order valence-corrected chi connectivity index (χ2v) is 6.09. The van der Waals surface area contributed by atoms with Crippen molar-refractivity contribution in [3.05, 3.63) is 29.8 Å². The molecule has 0 spiro atoms. The number of para-hydroxylation sites is 1. The van der Waals surface area contributed by atoms with E-state index in [0.717, 1.165) is 37.2 Å². The predicted molar refractivity (Wildman–Crippen MR) is 84.5 cm³/mol. The lowest BCUT2D eigenvalue weighted by Crippen LogP contribution is -2.45. The van der Waals surface area contributed by atoms with Crippen LogP contribution in [0.15, 0.2) is 24.3 Å². The van der Waals surface area contributed by atoms with Gasteiger partial charge >= 0.3 is 0 Å². The SMILES string of the molecule is Cc1ccccc1OC[C@H](C)NC(=O)[C@H]1CCCN(C)C1. The first-order chi connectivity index (χ1) is 10.1. The smallest absolute Gasteiger partial charge is 0.224 e. The minimum atomic E-state index is 0.0179. The molecule has 1 amide bonds. The Morgan fingerprint density at radius 1 is 1.48 bits per heavy atom. The number of rotatable bonds is 5. The molecule has 1 aromatic carbocycles. The van der Waals surface area contributed by atoms with Crippen LogP contribution in [0.2, 0.25) is 0 Å². The molecule has 1 aromatic rings. The predicted octanol–water partition coefficient (Wildman–Crippen LogP) is 2.22. The van der Waals surface area contributed by atoms with Gasteiger partial charge in [-0.05, 0) is 51.9 Å². The van der Waals surface area contributed by atoms with Gasteiger partial charge in [-0.3, -0.25) is 4.79 Å². The maximum atomic E-state index is 12.2. The Kier molecular flexibility index (Phi) is 5.62. The molecule has 4 heteroatoms. The number of likely N-dealkylation sites (tertiary alicyclic amines) is 1. The molecule has 1 saturated heterocycles. The van der Waals surface area contributed by atoms with Crippen molar-refractivity contribution in [3.8, 4) is 5.75 Å². The first kappa shape index (κ1) is 15.8. The van der Waals surface area contributed by atoms with Gasteiger partial charge in [0.2, 0.25) is 5.91 Å². The van der Waals surface area contributed by atoms with Crippen molar-refractivity contribution in [2.24, 2.45) is 5.92 Å². The van der Waals surface area contributed by atoms with Crippen LogP contribution in [-0.4, -0.2) is 43.6 Å². The van der Waals surface area contributed by atoms with E-state index in [9.17, 15) is 4.79 Å². The topological polar surface area (TPSA) is 41.6 Å². The standard InChI is InChI=1S/C17H26N2O2/c1-13-7-4-5-9-16(13)21-12-14(2)18-17(20)15-8-6-10-19(3)11-15/h4-5,7,9,14-15H,6,8,10-12H2,1-3H3,(H,18,20)/t14-,15-/m0/s1. The second kappa shape index (κ2) is 7.46. The summed E-state index contributed by atoms with van der Waals surface area (Å²) in [6, 6.07) is 7.96. The third-order valence-electron chi connectivity index (χ3n) is 3.97. The molecule has 116 valence electrons. The summed E-state index contributed by atoms with van der Waals surface area (Å²) in [6.45, 7) is 6.46. The van der Waals surface area contributed by atoms with Crippen molar-refractivity contribution in [1.82, 2.24) is 10.2 Å². The van der Waals surface area contributed by atoms with Gasteiger partial charge in [0.1, 0.15) is 12.4 Å². The zero-order valence-electron chi connectivity index (χ0n) is 13.3. The van der Waals surface area contributed by atoms with Crippen molar-refractivity contribution < 1.29 is 9.53 Å². The van der Waals surface area contributed by atoms with E-state index in [-0.39, 0.29) is 17.9 Å². The molecule has 0 bridgehead atoms. The monoisotopic (exact) mass is 290 g/mol. The fourth-order valence-electron chi connectivity index (χ4n) is 2.72. The minimum absolute atomic E-state index is 0.0179. The van der Waals surface area contributed by atoms with Crippen LogP contribution in [0.4, 0.5) is 0 Å². The van der Waals surface area contributed by atoms with Gasteiger partial charge in [0, 0.05) is 6.54 Å². The van der Waals surface area contributed by atoms with Gasteiger partial charge in [0.15, 0.2) is 0 Å². The third kappa shape index (κ3) is 4.74. The van der Waals surface area contributed by atoms with Crippen LogP contribution in [-0.2, 0) is 4.79 Å². The largest absolute Gasteiger partial charge is 0.491 e. The van der Waals surface area contributed by atoms with Crippen LogP contribution in [0, 0.1) is 12.8 Å². The molecule has 0 unspecified atom stereocenters. The zero-order valence-corrected chi connectivity index (χ0v) is 13.3. The third-order valence-corrected chi connectivity index (χ3v) is 3.97. The molecule has 2 rings (SSSR count). The minimum Gasteiger partial charge on any atom is -0.491 e. The summed E-state index contributed by atoms with van der Waals surface area (Å²) < 4.78 is 5.78. The Balaban J connectivity index is 1.77. The molecule has 21 heavy (non-hydrogen) atoms. The van der Waals surface area contributed by atoms with Gasteiger partial charge in [0.05, 0.1) is 12.0 Å². The van der Waals surface area contributed by atoms with Gasteiger partial charge in [-0.2, -0.15) is 0 Å². The van der Waals surface area contributed by atoms with Crippen molar-refractivity contribution in [2.45, 2.75) is 32.7 Å². The Labute approximate surface area is 127 Å². The van der Waals surface area contributed by atoms with E-state index in [2.05, 4.69) is 17.3 Å². The molecule has 4 nitrogen and oxygen atoms in total. The van der Waals surface area contributed by atoms with Crippen LogP contribution >= 0.6 is 0 Å². The number of hydrogen-bond acceptors (Lipinski definition) is 3. The Morgan fingerprint density at radius 3 is 2.95 bits per heavy atom. The van der Waals surface area contributed by atoms with Crippen molar-refractivity contribution >= 4 is 5.91 Å². The molecule has 1 heterocycles. The number of amides is 1. The highest BCUT2D eigenvalue weighted by Crippen LogP contribution is 2.17. The number of carbonyl (C=O) groups is 1. The number of benzene rings is 1. The highest BCUT2D eigenvalue weighted by Gasteiger charge is 2.24. The molecule has 2 atom stereocenters. The lowest BCUT2D eigenvalue weighted by Gasteiger charge is -2.29. The maximum Gasteiger partial charge on any atom is 0.224 e. The first-order valence-corrected chi connectivity index (χ1v) is 7.73. The van der Waals surface area contributed by atoms with E-state index in [4.69, 9.17) is 4.74 Å². The number of aryl methyl sites for hydroxylation is 1. The molecule has 0 saturated carbocycles.